The van der Waals surface area contributed by atoms with Crippen molar-refractivity contribution >= 4 is 67.4 Å². The molecule has 0 spiro atoms. The minimum Gasteiger partial charge on any atom is -0.465 e. The van der Waals surface area contributed by atoms with Crippen LogP contribution in [0.5, 0.6) is 0 Å². The molecule has 2 heterocycles. The lowest BCUT2D eigenvalue weighted by Crippen LogP contribution is -2.19. The van der Waals surface area contributed by atoms with Gasteiger partial charge >= 0.3 is 5.97 Å². The Balaban J connectivity index is 1.40. The molecule has 1 aromatic carbocycles. The number of nitrogens with one attached hydrogen (secondary N) is 1. The van der Waals surface area contributed by atoms with E-state index in [4.69, 9.17) is 11.2 Å². The number of nitrogens with zero attached hydrogens (tertiary/aromatic N) is 2. The molecule has 7 nitrogen and oxygen atoms in total. The molecule has 4 rings (SSSR count). The van der Waals surface area contributed by atoms with Gasteiger partial charge in [0.15, 0.2) is 4.80 Å². The van der Waals surface area contributed by atoms with Crippen LogP contribution in [0.3, 0.4) is 0 Å². The number of esters is 1. The average molecular weight is 528 g/mol. The summed E-state index contributed by atoms with van der Waals surface area (Å²) in [4.78, 5) is 43.4. The van der Waals surface area contributed by atoms with Gasteiger partial charge in [0.25, 0.3) is 5.91 Å². The van der Waals surface area contributed by atoms with Crippen LogP contribution in [-0.2, 0) is 33.7 Å². The molecule has 1 aliphatic carbocycles. The summed E-state index contributed by atoms with van der Waals surface area (Å²) in [5, 5.41) is 3.38. The monoisotopic (exact) mass is 527 g/mol. The first-order valence-electron chi connectivity index (χ1n) is 11.1. The highest BCUT2D eigenvalue weighted by molar-refractivity contribution is 8.00. The molecule has 0 fully saturated rings. The van der Waals surface area contributed by atoms with Gasteiger partial charge in [-0.25, -0.2) is 4.79 Å². The number of benzene rings is 1. The van der Waals surface area contributed by atoms with Gasteiger partial charge in [-0.05, 0) is 42.9 Å². The third-order valence-electron chi connectivity index (χ3n) is 5.67. The van der Waals surface area contributed by atoms with Gasteiger partial charge in [-0.15, -0.1) is 29.5 Å². The van der Waals surface area contributed by atoms with Crippen LogP contribution >= 0.6 is 34.4 Å². The van der Waals surface area contributed by atoms with Crippen LogP contribution in [0.1, 0.15) is 34.1 Å². The number of anilines is 1. The lowest BCUT2D eigenvalue weighted by molar-refractivity contribution is -0.115. The van der Waals surface area contributed by atoms with E-state index in [0.29, 0.717) is 27.8 Å². The normalized spacial score (nSPS) is 15.5. The van der Waals surface area contributed by atoms with Crippen LogP contribution < -0.4 is 10.1 Å². The first-order chi connectivity index (χ1) is 16.9. The van der Waals surface area contributed by atoms with Crippen molar-refractivity contribution in [3.05, 3.63) is 45.1 Å². The van der Waals surface area contributed by atoms with E-state index in [-0.39, 0.29) is 23.3 Å². The highest BCUT2D eigenvalue weighted by Gasteiger charge is 2.28. The van der Waals surface area contributed by atoms with Crippen molar-refractivity contribution in [3.8, 4) is 12.3 Å². The summed E-state index contributed by atoms with van der Waals surface area (Å²) in [5.41, 5.74) is 2.38. The maximum absolute atomic E-state index is 12.6. The molecule has 182 valence electrons. The fourth-order valence-corrected chi connectivity index (χ4v) is 7.10. The lowest BCUT2D eigenvalue weighted by atomic mass is 9.88. The van der Waals surface area contributed by atoms with Gasteiger partial charge in [-0.3, -0.25) is 9.59 Å². The Labute approximate surface area is 215 Å². The largest absolute Gasteiger partial charge is 0.465 e. The predicted molar refractivity (Wildman–Crippen MR) is 142 cm³/mol. The quantitative estimate of drug-likeness (QED) is 0.369. The fraction of sp³-hybridized carbons (Fsp3) is 0.360. The van der Waals surface area contributed by atoms with Gasteiger partial charge in [0.05, 0.1) is 40.9 Å². The third-order valence-corrected chi connectivity index (χ3v) is 8.82. The molecule has 35 heavy (non-hydrogen) atoms. The smallest absolute Gasteiger partial charge is 0.341 e. The number of rotatable bonds is 7. The van der Waals surface area contributed by atoms with Crippen LogP contribution in [0.2, 0.25) is 0 Å². The topological polar surface area (TPSA) is 89.8 Å². The second-order valence-corrected chi connectivity index (χ2v) is 11.3. The maximum Gasteiger partial charge on any atom is 0.341 e. The van der Waals surface area contributed by atoms with Gasteiger partial charge < -0.3 is 14.6 Å². The van der Waals surface area contributed by atoms with Crippen molar-refractivity contribution in [1.29, 1.82) is 0 Å². The number of terminal acetylenes is 1. The number of amides is 2. The molecule has 1 atom stereocenters. The molecule has 2 aromatic heterocycles. The van der Waals surface area contributed by atoms with E-state index in [1.807, 2.05) is 28.8 Å². The van der Waals surface area contributed by atoms with Crippen molar-refractivity contribution in [1.82, 2.24) is 4.57 Å². The van der Waals surface area contributed by atoms with Gasteiger partial charge in [0.1, 0.15) is 5.00 Å². The van der Waals surface area contributed by atoms with Gasteiger partial charge in [0.2, 0.25) is 5.91 Å². The van der Waals surface area contributed by atoms with Gasteiger partial charge in [-0.2, -0.15) is 4.99 Å². The number of para-hydroxylation sites is 1. The summed E-state index contributed by atoms with van der Waals surface area (Å²) >= 11 is 4.02. The second kappa shape index (κ2) is 11.2. The average Bonchev–Trinajstić information content (AvgIpc) is 3.35. The second-order valence-electron chi connectivity index (χ2n) is 8.24. The Kier molecular flexibility index (Phi) is 8.11. The zero-order chi connectivity index (χ0) is 24.9. The summed E-state index contributed by atoms with van der Waals surface area (Å²) in [6.07, 6.45) is 8.19. The standard InChI is InChI=1S/C25H25N3O4S3/c1-4-11-28-17-7-5-6-8-18(17)35-25(28)27-21(30)14-33-13-20(29)26-23-22(24(31)32-3)16-10-9-15(2)12-19(16)34-23/h1,5-8,15H,9-14H2,2-3H3,(H,26,29). The number of thioether (sulfide) groups is 1. The Hall–Kier alpha value is -2.87. The molecule has 1 N–H and O–H groups in total. The van der Waals surface area contributed by atoms with Crippen molar-refractivity contribution in [2.45, 2.75) is 32.7 Å². The summed E-state index contributed by atoms with van der Waals surface area (Å²) in [7, 11) is 1.35. The third kappa shape index (κ3) is 5.69. The number of aromatic nitrogens is 1. The number of thiazole rings is 1. The number of hydrogen-bond donors (Lipinski definition) is 1. The molecule has 0 saturated carbocycles. The van der Waals surface area contributed by atoms with Crippen LogP contribution in [-0.4, -0.2) is 41.0 Å². The SMILES string of the molecule is C#CCn1c(=NC(=O)CSCC(=O)Nc2sc3c(c2C(=O)OC)CCC(C)C3)sc2ccccc21. The summed E-state index contributed by atoms with van der Waals surface area (Å²) in [5.74, 6) is 2.22. The van der Waals surface area contributed by atoms with E-state index < -0.39 is 5.97 Å². The fourth-order valence-electron chi connectivity index (χ4n) is 4.04. The number of ether oxygens (including phenoxy) is 1. The summed E-state index contributed by atoms with van der Waals surface area (Å²) in [6, 6.07) is 7.74. The number of carbonyl (C=O) groups is 3. The lowest BCUT2D eigenvalue weighted by Gasteiger charge is -2.18. The van der Waals surface area contributed by atoms with E-state index >= 15 is 0 Å². The van der Waals surface area contributed by atoms with Crippen LogP contribution in [0.15, 0.2) is 29.3 Å². The van der Waals surface area contributed by atoms with E-state index in [1.54, 1.807) is 0 Å². The zero-order valence-corrected chi connectivity index (χ0v) is 21.9. The number of fused-ring (bicyclic) bond motifs is 2. The highest BCUT2D eigenvalue weighted by atomic mass is 32.2. The van der Waals surface area contributed by atoms with Crippen LogP contribution in [0.4, 0.5) is 5.00 Å². The number of carbonyl (C=O) groups excluding carboxylic acids is 3. The molecule has 0 bridgehead atoms. The van der Waals surface area contributed by atoms with E-state index in [1.165, 1.54) is 41.5 Å². The minimum absolute atomic E-state index is 0.0556. The Bertz CT molecular complexity index is 1390. The minimum atomic E-state index is -0.433. The van der Waals surface area contributed by atoms with Crippen LogP contribution in [0, 0.1) is 18.3 Å². The molecule has 1 aliphatic rings. The van der Waals surface area contributed by atoms with E-state index in [2.05, 4.69) is 23.2 Å². The van der Waals surface area contributed by atoms with Crippen molar-refractivity contribution in [2.24, 2.45) is 10.9 Å². The highest BCUT2D eigenvalue weighted by Crippen LogP contribution is 2.40. The molecular formula is C25H25N3O4S3. The molecular weight excluding hydrogens is 502 g/mol. The van der Waals surface area contributed by atoms with E-state index in [0.717, 1.165) is 39.9 Å². The molecule has 0 radical (unpaired) electrons. The molecule has 0 saturated heterocycles. The Morgan fingerprint density at radius 3 is 2.86 bits per heavy atom. The zero-order valence-electron chi connectivity index (χ0n) is 19.5. The first-order valence-corrected chi connectivity index (χ1v) is 13.9. The van der Waals surface area contributed by atoms with Gasteiger partial charge in [-0.1, -0.05) is 36.3 Å². The maximum atomic E-state index is 12.6. The molecule has 3 aromatic rings. The predicted octanol–water partition coefficient (Wildman–Crippen LogP) is 4.11. The van der Waals surface area contributed by atoms with Crippen molar-refractivity contribution in [3.63, 3.8) is 0 Å². The summed E-state index contributed by atoms with van der Waals surface area (Å²) in [6.45, 7) is 2.50. The molecule has 1 unspecified atom stereocenters. The first kappa shape index (κ1) is 25.2. The number of methoxy groups -OCH3 is 1. The van der Waals surface area contributed by atoms with Gasteiger partial charge in [0, 0.05) is 4.88 Å². The summed E-state index contributed by atoms with van der Waals surface area (Å²) < 4.78 is 7.80. The molecule has 0 aliphatic heterocycles. The van der Waals surface area contributed by atoms with Crippen molar-refractivity contribution in [2.75, 3.05) is 23.9 Å². The van der Waals surface area contributed by atoms with Crippen molar-refractivity contribution < 1.29 is 19.1 Å². The Morgan fingerprint density at radius 1 is 1.29 bits per heavy atom. The number of thiophene rings is 1. The Morgan fingerprint density at radius 2 is 2.09 bits per heavy atom. The van der Waals surface area contributed by atoms with Crippen LogP contribution in [0.25, 0.3) is 10.2 Å². The molecule has 2 amide bonds. The van der Waals surface area contributed by atoms with E-state index in [9.17, 15) is 14.4 Å². The number of hydrogen-bond acceptors (Lipinski definition) is 7. The molecule has 10 heteroatoms.